The van der Waals surface area contributed by atoms with Crippen molar-refractivity contribution in [3.63, 3.8) is 0 Å². The molecule has 2 amide bonds. The Bertz CT molecular complexity index is 512. The fraction of sp³-hybridized carbons (Fsp3) is 0.385. The lowest BCUT2D eigenvalue weighted by molar-refractivity contribution is -0.126. The van der Waals surface area contributed by atoms with E-state index in [1.54, 1.807) is 0 Å². The molecule has 7 heteroatoms. The molecule has 1 fully saturated rings. The van der Waals surface area contributed by atoms with Crippen LogP contribution in [-0.4, -0.2) is 31.0 Å². The molecule has 1 saturated heterocycles. The number of ether oxygens (including phenoxy) is 1. The van der Waals surface area contributed by atoms with Gasteiger partial charge in [-0.05, 0) is 18.6 Å². The van der Waals surface area contributed by atoms with Gasteiger partial charge in [-0.1, -0.05) is 0 Å². The number of carbonyl (C=O) groups is 2. The summed E-state index contributed by atoms with van der Waals surface area (Å²) >= 11 is 0. The maximum Gasteiger partial charge on any atom is 0.258 e. The average Bonchev–Trinajstić information content (AvgIpc) is 2.40. The largest absolute Gasteiger partial charge is 0.481 e. The first-order valence-electron chi connectivity index (χ1n) is 6.18. The average molecular weight is 284 g/mol. The molecule has 0 aliphatic carbocycles. The molecule has 108 valence electrons. The monoisotopic (exact) mass is 284 g/mol. The summed E-state index contributed by atoms with van der Waals surface area (Å²) in [6, 6.07) is 2.71. The van der Waals surface area contributed by atoms with Crippen LogP contribution in [0, 0.1) is 11.6 Å². The molecule has 0 radical (unpaired) electrons. The maximum atomic E-state index is 13.3. The lowest BCUT2D eigenvalue weighted by Gasteiger charge is -2.23. The van der Waals surface area contributed by atoms with Crippen LogP contribution >= 0.6 is 0 Å². The number of hydrogen-bond donors (Lipinski definition) is 2. The molecule has 0 aromatic heterocycles. The second-order valence-corrected chi connectivity index (χ2v) is 4.47. The fourth-order valence-electron chi connectivity index (χ4n) is 1.86. The first kappa shape index (κ1) is 14.2. The molecule has 1 atom stereocenters. The van der Waals surface area contributed by atoms with Crippen LogP contribution in [0.2, 0.25) is 0 Å². The van der Waals surface area contributed by atoms with Gasteiger partial charge in [-0.3, -0.25) is 9.59 Å². The lowest BCUT2D eigenvalue weighted by Crippen LogP contribution is -2.48. The first-order valence-corrected chi connectivity index (χ1v) is 6.18. The van der Waals surface area contributed by atoms with E-state index in [0.717, 1.165) is 12.1 Å². The van der Waals surface area contributed by atoms with Gasteiger partial charge in [-0.2, -0.15) is 0 Å². The molecule has 1 aliphatic heterocycles. The standard InChI is InChI=1S/C13H14F2N2O3/c14-8-1-3-11(10(15)5-8)20-7-13(19)17-9-2-4-12(18)16-6-9/h1,3,5,9H,2,4,6-7H2,(H,16,18)(H,17,19). The van der Waals surface area contributed by atoms with Gasteiger partial charge in [0, 0.05) is 25.1 Å². The molecular formula is C13H14F2N2O3. The third kappa shape index (κ3) is 3.91. The topological polar surface area (TPSA) is 67.4 Å². The van der Waals surface area contributed by atoms with Crippen molar-refractivity contribution in [2.75, 3.05) is 13.2 Å². The van der Waals surface area contributed by atoms with Gasteiger partial charge in [0.15, 0.2) is 18.2 Å². The van der Waals surface area contributed by atoms with Crippen LogP contribution in [0.3, 0.4) is 0 Å². The Kier molecular flexibility index (Phi) is 4.49. The van der Waals surface area contributed by atoms with Gasteiger partial charge in [0.2, 0.25) is 5.91 Å². The molecule has 20 heavy (non-hydrogen) atoms. The normalized spacial score (nSPS) is 18.3. The second-order valence-electron chi connectivity index (χ2n) is 4.47. The molecule has 1 unspecified atom stereocenters. The zero-order chi connectivity index (χ0) is 14.5. The van der Waals surface area contributed by atoms with Gasteiger partial charge < -0.3 is 15.4 Å². The molecule has 1 heterocycles. The minimum Gasteiger partial charge on any atom is -0.481 e. The molecule has 2 N–H and O–H groups in total. The Labute approximate surface area is 114 Å². The van der Waals surface area contributed by atoms with Gasteiger partial charge in [-0.15, -0.1) is 0 Å². The van der Waals surface area contributed by atoms with Crippen LogP contribution in [-0.2, 0) is 9.59 Å². The van der Waals surface area contributed by atoms with E-state index in [1.165, 1.54) is 0 Å². The van der Waals surface area contributed by atoms with Crippen molar-refractivity contribution in [3.05, 3.63) is 29.8 Å². The Balaban J connectivity index is 1.78. The minimum atomic E-state index is -0.859. The minimum absolute atomic E-state index is 0.0415. The summed E-state index contributed by atoms with van der Waals surface area (Å²) in [5.74, 6) is -2.21. The number of hydrogen-bond acceptors (Lipinski definition) is 3. The van der Waals surface area contributed by atoms with Crippen molar-refractivity contribution in [2.45, 2.75) is 18.9 Å². The summed E-state index contributed by atoms with van der Waals surface area (Å²) < 4.78 is 30.9. The van der Waals surface area contributed by atoms with Gasteiger partial charge in [-0.25, -0.2) is 8.78 Å². The quantitative estimate of drug-likeness (QED) is 0.857. The smallest absolute Gasteiger partial charge is 0.258 e. The number of piperidine rings is 1. The third-order valence-electron chi connectivity index (χ3n) is 2.88. The van der Waals surface area contributed by atoms with Gasteiger partial charge >= 0.3 is 0 Å². The van der Waals surface area contributed by atoms with Crippen LogP contribution in [0.25, 0.3) is 0 Å². The number of carbonyl (C=O) groups excluding carboxylic acids is 2. The SMILES string of the molecule is O=C1CCC(NC(=O)COc2ccc(F)cc2F)CN1. The van der Waals surface area contributed by atoms with Crippen molar-refractivity contribution in [3.8, 4) is 5.75 Å². The Morgan fingerprint density at radius 1 is 1.45 bits per heavy atom. The summed E-state index contributed by atoms with van der Waals surface area (Å²) in [5.41, 5.74) is 0. The van der Waals surface area contributed by atoms with E-state index in [9.17, 15) is 18.4 Å². The molecule has 1 aromatic carbocycles. The van der Waals surface area contributed by atoms with Crippen LogP contribution < -0.4 is 15.4 Å². The molecule has 5 nitrogen and oxygen atoms in total. The predicted octanol–water partition coefficient (Wildman–Crippen LogP) is 0.738. The van der Waals surface area contributed by atoms with E-state index in [1.807, 2.05) is 0 Å². The molecule has 1 aromatic rings. The fourth-order valence-corrected chi connectivity index (χ4v) is 1.86. The van der Waals surface area contributed by atoms with Crippen molar-refractivity contribution in [2.24, 2.45) is 0 Å². The number of nitrogens with one attached hydrogen (secondary N) is 2. The van der Waals surface area contributed by atoms with E-state index in [4.69, 9.17) is 4.74 Å². The van der Waals surface area contributed by atoms with E-state index >= 15 is 0 Å². The molecular weight excluding hydrogens is 270 g/mol. The van der Waals surface area contributed by atoms with Crippen molar-refractivity contribution in [1.82, 2.24) is 10.6 Å². The summed E-state index contributed by atoms with van der Waals surface area (Å²) in [6.45, 7) is 0.00246. The van der Waals surface area contributed by atoms with Crippen LogP contribution in [0.5, 0.6) is 5.75 Å². The summed E-state index contributed by atoms with van der Waals surface area (Å²) in [5, 5.41) is 5.30. The van der Waals surface area contributed by atoms with Crippen LogP contribution in [0.4, 0.5) is 8.78 Å². The predicted molar refractivity (Wildman–Crippen MR) is 66.0 cm³/mol. The molecule has 0 spiro atoms. The number of amides is 2. The van der Waals surface area contributed by atoms with E-state index in [0.29, 0.717) is 25.5 Å². The lowest BCUT2D eigenvalue weighted by atomic mass is 10.1. The van der Waals surface area contributed by atoms with E-state index in [-0.39, 0.29) is 24.3 Å². The Hall–Kier alpha value is -2.18. The molecule has 1 aliphatic rings. The van der Waals surface area contributed by atoms with Gasteiger partial charge in [0.05, 0.1) is 0 Å². The number of halogens is 2. The molecule has 2 rings (SSSR count). The zero-order valence-corrected chi connectivity index (χ0v) is 10.6. The molecule has 0 saturated carbocycles. The van der Waals surface area contributed by atoms with Crippen molar-refractivity contribution >= 4 is 11.8 Å². The first-order chi connectivity index (χ1) is 9.54. The highest BCUT2D eigenvalue weighted by molar-refractivity contribution is 5.79. The van der Waals surface area contributed by atoms with E-state index in [2.05, 4.69) is 10.6 Å². The highest BCUT2D eigenvalue weighted by atomic mass is 19.1. The second kappa shape index (κ2) is 6.31. The maximum absolute atomic E-state index is 13.3. The van der Waals surface area contributed by atoms with E-state index < -0.39 is 17.5 Å². The third-order valence-corrected chi connectivity index (χ3v) is 2.88. The number of benzene rings is 1. The Morgan fingerprint density at radius 3 is 2.90 bits per heavy atom. The van der Waals surface area contributed by atoms with Crippen molar-refractivity contribution in [1.29, 1.82) is 0 Å². The van der Waals surface area contributed by atoms with Gasteiger partial charge in [0.25, 0.3) is 5.91 Å². The van der Waals surface area contributed by atoms with Crippen LogP contribution in [0.15, 0.2) is 18.2 Å². The van der Waals surface area contributed by atoms with Crippen LogP contribution in [0.1, 0.15) is 12.8 Å². The summed E-state index contributed by atoms with van der Waals surface area (Å²) in [6.07, 6.45) is 0.918. The zero-order valence-electron chi connectivity index (χ0n) is 10.6. The highest BCUT2D eigenvalue weighted by Gasteiger charge is 2.19. The van der Waals surface area contributed by atoms with Crippen molar-refractivity contribution < 1.29 is 23.1 Å². The highest BCUT2D eigenvalue weighted by Crippen LogP contribution is 2.17. The summed E-state index contributed by atoms with van der Waals surface area (Å²) in [7, 11) is 0. The molecule has 0 bridgehead atoms. The van der Waals surface area contributed by atoms with Gasteiger partial charge in [0.1, 0.15) is 5.82 Å². The number of rotatable bonds is 4. The Morgan fingerprint density at radius 2 is 2.25 bits per heavy atom. The summed E-state index contributed by atoms with van der Waals surface area (Å²) in [4.78, 5) is 22.5.